The molecule has 0 bridgehead atoms. The maximum absolute atomic E-state index is 12.4. The van der Waals surface area contributed by atoms with Crippen molar-refractivity contribution in [2.75, 3.05) is 11.9 Å². The zero-order valence-electron chi connectivity index (χ0n) is 16.3. The fourth-order valence-electron chi connectivity index (χ4n) is 3.77. The number of thiophene rings is 1. The molecule has 0 aromatic carbocycles. The predicted octanol–water partition coefficient (Wildman–Crippen LogP) is 4.27. The number of hydrogen-bond acceptors (Lipinski definition) is 5. The minimum atomic E-state index is -0.419. The Morgan fingerprint density at radius 2 is 2.11 bits per heavy atom. The van der Waals surface area contributed by atoms with Crippen molar-refractivity contribution in [2.24, 2.45) is 0 Å². The Balaban J connectivity index is 1.62. The van der Waals surface area contributed by atoms with Gasteiger partial charge in [0, 0.05) is 18.2 Å². The number of amides is 1. The maximum Gasteiger partial charge on any atom is 0.306 e. The van der Waals surface area contributed by atoms with Crippen molar-refractivity contribution in [3.05, 3.63) is 39.2 Å². The molecule has 1 saturated carbocycles. The second-order valence-corrected chi connectivity index (χ2v) is 7.97. The molecule has 0 atom stereocenters. The van der Waals surface area contributed by atoms with Gasteiger partial charge in [-0.3, -0.25) is 9.59 Å². The number of carbonyl (C=O) groups excluding carboxylic acids is 2. The van der Waals surface area contributed by atoms with E-state index < -0.39 is 11.9 Å². The van der Waals surface area contributed by atoms with Crippen molar-refractivity contribution in [3.63, 3.8) is 0 Å². The van der Waals surface area contributed by atoms with Gasteiger partial charge < -0.3 is 14.6 Å². The Morgan fingerprint density at radius 1 is 1.36 bits per heavy atom. The van der Waals surface area contributed by atoms with E-state index in [0.717, 1.165) is 42.5 Å². The van der Waals surface area contributed by atoms with Gasteiger partial charge in [-0.25, -0.2) is 0 Å². The summed E-state index contributed by atoms with van der Waals surface area (Å²) >= 11 is 1.58. The van der Waals surface area contributed by atoms with Crippen LogP contribution in [0, 0.1) is 25.2 Å². The molecule has 2 aromatic rings. The van der Waals surface area contributed by atoms with E-state index in [2.05, 4.69) is 16.0 Å². The molecule has 6 nitrogen and oxygen atoms in total. The van der Waals surface area contributed by atoms with Gasteiger partial charge in [-0.2, -0.15) is 16.6 Å². The van der Waals surface area contributed by atoms with Crippen LogP contribution in [0.25, 0.3) is 0 Å². The molecule has 0 unspecified atom stereocenters. The minimum absolute atomic E-state index is 0.240. The molecule has 0 spiro atoms. The number of nitrogens with one attached hydrogen (secondary N) is 1. The van der Waals surface area contributed by atoms with E-state index in [-0.39, 0.29) is 13.0 Å². The minimum Gasteiger partial charge on any atom is -0.456 e. The highest BCUT2D eigenvalue weighted by Gasteiger charge is 2.26. The monoisotopic (exact) mass is 399 g/mol. The van der Waals surface area contributed by atoms with Gasteiger partial charge in [0.1, 0.15) is 11.9 Å². The largest absolute Gasteiger partial charge is 0.456 e. The van der Waals surface area contributed by atoms with Gasteiger partial charge in [0.05, 0.1) is 5.56 Å². The van der Waals surface area contributed by atoms with Crippen LogP contribution in [-0.4, -0.2) is 23.1 Å². The number of ether oxygens (including phenoxy) is 1. The van der Waals surface area contributed by atoms with Crippen molar-refractivity contribution in [1.29, 1.82) is 5.26 Å². The summed E-state index contributed by atoms with van der Waals surface area (Å²) in [7, 11) is 0. The molecule has 7 heteroatoms. The maximum atomic E-state index is 12.4. The van der Waals surface area contributed by atoms with Crippen LogP contribution in [0.1, 0.15) is 60.5 Å². The second-order valence-electron chi connectivity index (χ2n) is 7.19. The number of aryl methyl sites for hydroxylation is 1. The summed E-state index contributed by atoms with van der Waals surface area (Å²) in [4.78, 5) is 24.3. The molecule has 1 amide bonds. The average molecular weight is 400 g/mol. The van der Waals surface area contributed by atoms with E-state index in [1.807, 2.05) is 30.7 Å². The third kappa shape index (κ3) is 4.45. The van der Waals surface area contributed by atoms with Gasteiger partial charge in [-0.05, 0) is 61.1 Å². The lowest BCUT2D eigenvalue weighted by atomic mass is 10.2. The quantitative estimate of drug-likeness (QED) is 0.705. The highest BCUT2D eigenvalue weighted by atomic mass is 32.1. The van der Waals surface area contributed by atoms with Crippen molar-refractivity contribution in [3.8, 4) is 6.07 Å². The molecule has 1 aliphatic rings. The van der Waals surface area contributed by atoms with Crippen molar-refractivity contribution in [2.45, 2.75) is 58.4 Å². The number of carbonyl (C=O) groups is 2. The van der Waals surface area contributed by atoms with E-state index in [4.69, 9.17) is 4.74 Å². The molecule has 28 heavy (non-hydrogen) atoms. The highest BCUT2D eigenvalue weighted by Crippen LogP contribution is 2.37. The Labute approximate surface area is 169 Å². The third-order valence-corrected chi connectivity index (χ3v) is 6.11. The fourth-order valence-corrected chi connectivity index (χ4v) is 4.48. The SMILES string of the molecule is Cc1c(C#N)c(NC(=O)COC(=O)CCc2ccsc2)n(C2CCCC2)c1C. The number of hydrogen-bond donors (Lipinski definition) is 1. The lowest BCUT2D eigenvalue weighted by Crippen LogP contribution is -2.24. The first-order chi connectivity index (χ1) is 13.5. The van der Waals surface area contributed by atoms with Crippen molar-refractivity contribution >= 4 is 29.0 Å². The Kier molecular flexibility index (Phi) is 6.53. The number of rotatable bonds is 7. The summed E-state index contributed by atoms with van der Waals surface area (Å²) in [5.41, 5.74) is 3.47. The lowest BCUT2D eigenvalue weighted by Gasteiger charge is -2.19. The number of nitriles is 1. The molecule has 0 aliphatic heterocycles. The Morgan fingerprint density at radius 3 is 2.75 bits per heavy atom. The zero-order chi connectivity index (χ0) is 20.1. The van der Waals surface area contributed by atoms with E-state index in [9.17, 15) is 14.9 Å². The van der Waals surface area contributed by atoms with Crippen LogP contribution in [0.5, 0.6) is 0 Å². The number of anilines is 1. The van der Waals surface area contributed by atoms with Crippen LogP contribution in [0.3, 0.4) is 0 Å². The summed E-state index contributed by atoms with van der Waals surface area (Å²) in [5, 5.41) is 16.3. The van der Waals surface area contributed by atoms with Gasteiger partial charge in [0.2, 0.25) is 0 Å². The molecular formula is C21H25N3O3S. The number of nitrogens with zero attached hydrogens (tertiary/aromatic N) is 2. The molecule has 1 fully saturated rings. The van der Waals surface area contributed by atoms with Crippen molar-refractivity contribution in [1.82, 2.24) is 4.57 Å². The molecule has 2 aromatic heterocycles. The normalized spacial score (nSPS) is 14.0. The summed E-state index contributed by atoms with van der Waals surface area (Å²) in [6.07, 6.45) is 5.23. The topological polar surface area (TPSA) is 84.1 Å². The van der Waals surface area contributed by atoms with Gasteiger partial charge in [-0.1, -0.05) is 12.8 Å². The van der Waals surface area contributed by atoms with E-state index in [1.54, 1.807) is 11.3 Å². The van der Waals surface area contributed by atoms with Crippen molar-refractivity contribution < 1.29 is 14.3 Å². The van der Waals surface area contributed by atoms with Gasteiger partial charge >= 0.3 is 5.97 Å². The number of aromatic nitrogens is 1. The smallest absolute Gasteiger partial charge is 0.306 e. The molecule has 0 radical (unpaired) electrons. The Bertz CT molecular complexity index is 887. The molecule has 3 rings (SSSR count). The summed E-state index contributed by atoms with van der Waals surface area (Å²) in [6.45, 7) is 3.54. The van der Waals surface area contributed by atoms with Gasteiger partial charge in [-0.15, -0.1) is 0 Å². The number of esters is 1. The standard InChI is InChI=1S/C21H25N3O3S/c1-14-15(2)24(17-5-3-4-6-17)21(18(14)11-22)23-19(25)12-27-20(26)8-7-16-9-10-28-13-16/h9-10,13,17H,3-8,12H2,1-2H3,(H,23,25). The fraction of sp³-hybridized carbons (Fsp3) is 0.476. The first kappa shape index (κ1) is 20.2. The van der Waals surface area contributed by atoms with Crippen LogP contribution in [-0.2, 0) is 20.7 Å². The zero-order valence-corrected chi connectivity index (χ0v) is 17.1. The van der Waals surface area contributed by atoms with Crippen LogP contribution < -0.4 is 5.32 Å². The van der Waals surface area contributed by atoms with Crippen LogP contribution in [0.2, 0.25) is 0 Å². The second kappa shape index (κ2) is 9.07. The molecule has 1 aliphatic carbocycles. The first-order valence-corrected chi connectivity index (χ1v) is 10.5. The summed E-state index contributed by atoms with van der Waals surface area (Å²) in [6, 6.07) is 4.48. The summed E-state index contributed by atoms with van der Waals surface area (Å²) < 4.78 is 7.19. The van der Waals surface area contributed by atoms with Gasteiger partial charge in [0.15, 0.2) is 6.61 Å². The summed E-state index contributed by atoms with van der Waals surface area (Å²) in [5.74, 6) is -0.291. The molecular weight excluding hydrogens is 374 g/mol. The molecule has 148 valence electrons. The van der Waals surface area contributed by atoms with Gasteiger partial charge in [0.25, 0.3) is 5.91 Å². The molecule has 0 saturated heterocycles. The van der Waals surface area contributed by atoms with E-state index >= 15 is 0 Å². The van der Waals surface area contributed by atoms with Crippen LogP contribution >= 0.6 is 11.3 Å². The van der Waals surface area contributed by atoms with Crippen LogP contribution in [0.15, 0.2) is 16.8 Å². The molecule has 1 N–H and O–H groups in total. The van der Waals surface area contributed by atoms with E-state index in [0.29, 0.717) is 23.8 Å². The van der Waals surface area contributed by atoms with Crippen LogP contribution in [0.4, 0.5) is 5.82 Å². The predicted molar refractivity (Wildman–Crippen MR) is 108 cm³/mol. The average Bonchev–Trinajstić information content (AvgIpc) is 3.42. The molecule has 2 heterocycles. The lowest BCUT2D eigenvalue weighted by molar-refractivity contribution is -0.147. The first-order valence-electron chi connectivity index (χ1n) is 9.59. The van der Waals surface area contributed by atoms with E-state index in [1.165, 1.54) is 0 Å². The Hall–Kier alpha value is -2.59. The highest BCUT2D eigenvalue weighted by molar-refractivity contribution is 7.07. The third-order valence-electron chi connectivity index (χ3n) is 5.38.